The average Bonchev–Trinajstić information content (AvgIpc) is 3.30. The molecule has 0 aliphatic heterocycles. The molecule has 1 aromatic heterocycles. The molecular weight excluding hydrogens is 456 g/mol. The predicted octanol–water partition coefficient (Wildman–Crippen LogP) is 5.15. The van der Waals surface area contributed by atoms with Gasteiger partial charge in [0, 0.05) is 35.9 Å². The predicted molar refractivity (Wildman–Crippen MR) is 140 cm³/mol. The fourth-order valence-electron chi connectivity index (χ4n) is 4.10. The van der Waals surface area contributed by atoms with Crippen molar-refractivity contribution in [2.45, 2.75) is 26.0 Å². The van der Waals surface area contributed by atoms with E-state index in [2.05, 4.69) is 40.2 Å². The molecule has 3 aromatic carbocycles. The van der Waals surface area contributed by atoms with E-state index in [4.69, 9.17) is 14.3 Å². The molecule has 186 valence electrons. The Hall–Kier alpha value is -4.10. The summed E-state index contributed by atoms with van der Waals surface area (Å²) in [7, 11) is 1.55. The molecule has 0 aliphatic carbocycles. The van der Waals surface area contributed by atoms with Gasteiger partial charge in [-0.2, -0.15) is 0 Å². The van der Waals surface area contributed by atoms with Gasteiger partial charge in [-0.15, -0.1) is 0 Å². The number of aromatic nitrogens is 1. The van der Waals surface area contributed by atoms with Crippen LogP contribution in [-0.4, -0.2) is 47.8 Å². The third kappa shape index (κ3) is 6.12. The average molecular weight is 487 g/mol. The van der Waals surface area contributed by atoms with Gasteiger partial charge in [0.15, 0.2) is 6.10 Å². The molecule has 0 unspecified atom stereocenters. The molecule has 1 heterocycles. The number of fused-ring (bicyclic) bond motifs is 1. The van der Waals surface area contributed by atoms with Gasteiger partial charge in [-0.25, -0.2) is 4.79 Å². The Kier molecular flexibility index (Phi) is 8.36. The lowest BCUT2D eigenvalue weighted by molar-refractivity contribution is -0.149. The zero-order valence-electron chi connectivity index (χ0n) is 20.5. The van der Waals surface area contributed by atoms with E-state index < -0.39 is 12.1 Å². The molecule has 0 spiro atoms. The van der Waals surface area contributed by atoms with E-state index >= 15 is 0 Å². The molecule has 0 fully saturated rings. The van der Waals surface area contributed by atoms with Crippen LogP contribution in [0.4, 0.5) is 0 Å². The molecule has 7 heteroatoms. The Morgan fingerprint density at radius 2 is 1.78 bits per heavy atom. The van der Waals surface area contributed by atoms with E-state index in [0.717, 1.165) is 39.1 Å². The Morgan fingerprint density at radius 1 is 1.00 bits per heavy atom. The molecule has 0 saturated carbocycles. The smallest absolute Gasteiger partial charge is 0.333 e. The van der Waals surface area contributed by atoms with Crippen LogP contribution >= 0.6 is 0 Å². The number of ether oxygens (including phenoxy) is 2. The van der Waals surface area contributed by atoms with Crippen LogP contribution in [0.25, 0.3) is 10.9 Å². The maximum absolute atomic E-state index is 11.3. The Morgan fingerprint density at radius 3 is 2.47 bits per heavy atom. The first-order chi connectivity index (χ1) is 17.6. The molecule has 1 N–H and O–H groups in total. The summed E-state index contributed by atoms with van der Waals surface area (Å²) in [5, 5.41) is 14.7. The molecule has 4 aromatic rings. The van der Waals surface area contributed by atoms with Crippen molar-refractivity contribution in [3.05, 3.63) is 102 Å². The Bertz CT molecular complexity index is 1310. The number of nitrogens with zero attached hydrogens (tertiary/aromatic N) is 2. The maximum atomic E-state index is 11.3. The highest BCUT2D eigenvalue weighted by atomic mass is 16.6. The summed E-state index contributed by atoms with van der Waals surface area (Å²) >= 11 is 0. The molecule has 0 saturated heterocycles. The number of hydrogen-bond acceptors (Lipinski definition) is 5. The van der Waals surface area contributed by atoms with Crippen LogP contribution < -0.4 is 4.74 Å². The summed E-state index contributed by atoms with van der Waals surface area (Å²) < 4.78 is 13.4. The Balaban J connectivity index is 1.42. The van der Waals surface area contributed by atoms with Gasteiger partial charge in [0.2, 0.25) is 0 Å². The number of carbonyl (C=O) groups is 1. The lowest BCUT2D eigenvalue weighted by Gasteiger charge is -2.13. The third-order valence-electron chi connectivity index (χ3n) is 5.87. The van der Waals surface area contributed by atoms with E-state index in [-0.39, 0.29) is 0 Å². The highest BCUT2D eigenvalue weighted by Crippen LogP contribution is 2.21. The SMILES string of the molecule is CCO[C@@H](Cc1ccc(OCCn2ccc3ccc(/C(=N/OC)c4ccccc4)cc32)cc1)C(=O)O. The van der Waals surface area contributed by atoms with Gasteiger partial charge in [0.1, 0.15) is 25.2 Å². The fraction of sp³-hybridized carbons (Fsp3) is 0.241. The summed E-state index contributed by atoms with van der Waals surface area (Å²) in [6.07, 6.45) is 1.53. The monoisotopic (exact) mass is 486 g/mol. The molecule has 1 atom stereocenters. The molecule has 7 nitrogen and oxygen atoms in total. The summed E-state index contributed by atoms with van der Waals surface area (Å²) in [6, 6.07) is 25.8. The molecule has 0 aliphatic rings. The second-order valence-electron chi connectivity index (χ2n) is 8.25. The van der Waals surface area contributed by atoms with Crippen molar-refractivity contribution in [2.24, 2.45) is 5.16 Å². The highest BCUT2D eigenvalue weighted by Gasteiger charge is 2.18. The van der Waals surface area contributed by atoms with Crippen molar-refractivity contribution in [1.29, 1.82) is 0 Å². The number of carboxylic acids is 1. The van der Waals surface area contributed by atoms with Gasteiger partial charge < -0.3 is 24.0 Å². The quantitative estimate of drug-likeness (QED) is 0.221. The zero-order chi connectivity index (χ0) is 25.3. The first kappa shape index (κ1) is 25.0. The number of aliphatic carboxylic acids is 1. The van der Waals surface area contributed by atoms with Crippen LogP contribution in [0.5, 0.6) is 5.75 Å². The summed E-state index contributed by atoms with van der Waals surface area (Å²) in [6.45, 7) is 3.31. The number of hydrogen-bond donors (Lipinski definition) is 1. The molecule has 0 radical (unpaired) electrons. The van der Waals surface area contributed by atoms with Crippen molar-refractivity contribution >= 4 is 22.6 Å². The zero-order valence-corrected chi connectivity index (χ0v) is 20.5. The van der Waals surface area contributed by atoms with E-state index in [1.807, 2.05) is 54.6 Å². The fourth-order valence-corrected chi connectivity index (χ4v) is 4.10. The third-order valence-corrected chi connectivity index (χ3v) is 5.87. The van der Waals surface area contributed by atoms with Crippen molar-refractivity contribution in [3.8, 4) is 5.75 Å². The largest absolute Gasteiger partial charge is 0.492 e. The summed E-state index contributed by atoms with van der Waals surface area (Å²) in [4.78, 5) is 16.4. The van der Waals surface area contributed by atoms with E-state index in [9.17, 15) is 9.90 Å². The lowest BCUT2D eigenvalue weighted by atomic mass is 10.0. The number of oxime groups is 1. The second-order valence-corrected chi connectivity index (χ2v) is 8.25. The normalized spacial score (nSPS) is 12.4. The maximum Gasteiger partial charge on any atom is 0.333 e. The van der Waals surface area contributed by atoms with Crippen molar-refractivity contribution in [2.75, 3.05) is 20.3 Å². The van der Waals surface area contributed by atoms with Gasteiger partial charge in [-0.05, 0) is 42.1 Å². The van der Waals surface area contributed by atoms with E-state index in [0.29, 0.717) is 26.2 Å². The van der Waals surface area contributed by atoms with Crippen LogP contribution in [0.1, 0.15) is 23.6 Å². The van der Waals surface area contributed by atoms with Gasteiger partial charge in [-0.1, -0.05) is 59.8 Å². The van der Waals surface area contributed by atoms with Gasteiger partial charge in [0.25, 0.3) is 0 Å². The van der Waals surface area contributed by atoms with Crippen LogP contribution in [0.2, 0.25) is 0 Å². The molecule has 4 rings (SSSR count). The molecule has 36 heavy (non-hydrogen) atoms. The van der Waals surface area contributed by atoms with E-state index in [1.165, 1.54) is 0 Å². The molecular formula is C29H30N2O5. The van der Waals surface area contributed by atoms with Crippen LogP contribution in [0.15, 0.2) is 90.2 Å². The first-order valence-corrected chi connectivity index (χ1v) is 11.9. The Labute approximate surface area is 210 Å². The second kappa shape index (κ2) is 12.0. The number of benzene rings is 3. The molecule has 0 bridgehead atoms. The lowest BCUT2D eigenvalue weighted by Crippen LogP contribution is -2.26. The standard InChI is InChI=1S/C29H30N2O5/c1-3-35-27(29(32)33)19-21-9-13-25(14-10-21)36-18-17-31-16-15-22-11-12-24(20-26(22)31)28(30-34-2)23-7-5-4-6-8-23/h4-16,20,27H,3,17-19H2,1-2H3,(H,32,33)/b30-28+/t27-/m0/s1. The van der Waals surface area contributed by atoms with Crippen molar-refractivity contribution < 1.29 is 24.2 Å². The minimum atomic E-state index is -0.955. The number of rotatable bonds is 12. The summed E-state index contributed by atoms with van der Waals surface area (Å²) in [5.41, 5.74) is 4.71. The first-order valence-electron chi connectivity index (χ1n) is 11.9. The van der Waals surface area contributed by atoms with E-state index in [1.54, 1.807) is 14.0 Å². The van der Waals surface area contributed by atoms with Crippen LogP contribution in [-0.2, 0) is 27.3 Å². The summed E-state index contributed by atoms with van der Waals surface area (Å²) in [5.74, 6) is -0.221. The van der Waals surface area contributed by atoms with Gasteiger partial charge in [0.05, 0.1) is 6.54 Å². The highest BCUT2D eigenvalue weighted by molar-refractivity contribution is 6.13. The topological polar surface area (TPSA) is 82.3 Å². The van der Waals surface area contributed by atoms with Gasteiger partial charge >= 0.3 is 5.97 Å². The van der Waals surface area contributed by atoms with Crippen molar-refractivity contribution in [3.63, 3.8) is 0 Å². The van der Waals surface area contributed by atoms with Crippen LogP contribution in [0, 0.1) is 0 Å². The van der Waals surface area contributed by atoms with Crippen LogP contribution in [0.3, 0.4) is 0 Å². The van der Waals surface area contributed by atoms with Crippen molar-refractivity contribution in [1.82, 2.24) is 4.57 Å². The number of carboxylic acid groups (broad SMARTS) is 1. The minimum Gasteiger partial charge on any atom is -0.492 e. The minimum absolute atomic E-state index is 0.318. The molecule has 0 amide bonds. The van der Waals surface area contributed by atoms with Gasteiger partial charge in [-0.3, -0.25) is 0 Å².